The maximum atomic E-state index is 12.9. The van der Waals surface area contributed by atoms with Crippen molar-refractivity contribution >= 4 is 11.8 Å². The van der Waals surface area contributed by atoms with Crippen LogP contribution in [0.3, 0.4) is 0 Å². The first-order chi connectivity index (χ1) is 14.4. The third kappa shape index (κ3) is 4.97. The minimum absolute atomic E-state index is 0.150. The van der Waals surface area contributed by atoms with Gasteiger partial charge in [-0.15, -0.1) is 0 Å². The number of hydrogen-bond donors (Lipinski definition) is 3. The Balaban J connectivity index is 1.83. The van der Waals surface area contributed by atoms with Crippen molar-refractivity contribution in [2.24, 2.45) is 0 Å². The predicted molar refractivity (Wildman–Crippen MR) is 113 cm³/mol. The Bertz CT molecular complexity index is 874. The minimum Gasteiger partial charge on any atom is -0.480 e. The van der Waals surface area contributed by atoms with E-state index in [1.54, 1.807) is 18.3 Å². The standard InChI is InChI=1S/C23H29N3O4/c1-16(27)26-19-10-12-23(13-11-20(19)28,17-7-4-3-5-8-17)15-25-21(29)18-9-6-14-24-22(18)30-2/h3-9,14,19-20,28H,10-13,15H2,1-2H3,(H,25,29)(H,26,27)/t19-,20-,23-/m0/s1. The first-order valence-corrected chi connectivity index (χ1v) is 10.2. The van der Waals surface area contributed by atoms with E-state index < -0.39 is 6.10 Å². The van der Waals surface area contributed by atoms with Gasteiger partial charge < -0.3 is 20.5 Å². The molecule has 1 aromatic heterocycles. The Hall–Kier alpha value is -2.93. The SMILES string of the molecule is COc1ncccc1C(=O)NC[C@]1(c2ccccc2)CC[C@H](NC(C)=O)[C@@H](O)CC1. The summed E-state index contributed by atoms with van der Waals surface area (Å²) in [6.07, 6.45) is 3.54. The van der Waals surface area contributed by atoms with Gasteiger partial charge in [-0.1, -0.05) is 30.3 Å². The largest absolute Gasteiger partial charge is 0.480 e. The van der Waals surface area contributed by atoms with E-state index in [2.05, 4.69) is 27.8 Å². The molecule has 1 aliphatic rings. The smallest absolute Gasteiger partial charge is 0.256 e. The number of aliphatic hydroxyl groups is 1. The zero-order chi connectivity index (χ0) is 21.6. The molecule has 30 heavy (non-hydrogen) atoms. The highest BCUT2D eigenvalue weighted by Gasteiger charge is 2.38. The third-order valence-corrected chi connectivity index (χ3v) is 5.89. The van der Waals surface area contributed by atoms with Gasteiger partial charge in [0, 0.05) is 25.1 Å². The fourth-order valence-corrected chi connectivity index (χ4v) is 4.23. The first kappa shape index (κ1) is 21.8. The Morgan fingerprint density at radius 1 is 1.17 bits per heavy atom. The Kier molecular flexibility index (Phi) is 7.05. The lowest BCUT2D eigenvalue weighted by Gasteiger charge is -2.34. The number of nitrogens with one attached hydrogen (secondary N) is 2. The summed E-state index contributed by atoms with van der Waals surface area (Å²) in [7, 11) is 1.49. The van der Waals surface area contributed by atoms with Crippen molar-refractivity contribution < 1.29 is 19.4 Å². The highest BCUT2D eigenvalue weighted by molar-refractivity contribution is 5.96. The van der Waals surface area contributed by atoms with Gasteiger partial charge >= 0.3 is 0 Å². The van der Waals surface area contributed by atoms with Gasteiger partial charge in [0.25, 0.3) is 5.91 Å². The molecule has 1 fully saturated rings. The van der Waals surface area contributed by atoms with Crippen molar-refractivity contribution in [2.45, 2.75) is 50.2 Å². The van der Waals surface area contributed by atoms with Gasteiger partial charge in [0.2, 0.25) is 11.8 Å². The summed E-state index contributed by atoms with van der Waals surface area (Å²) in [4.78, 5) is 28.5. The summed E-state index contributed by atoms with van der Waals surface area (Å²) in [6, 6.07) is 13.1. The summed E-state index contributed by atoms with van der Waals surface area (Å²) in [5.41, 5.74) is 1.15. The van der Waals surface area contributed by atoms with Crippen LogP contribution in [0.1, 0.15) is 48.5 Å². The fourth-order valence-electron chi connectivity index (χ4n) is 4.23. The number of pyridine rings is 1. The number of nitrogens with zero attached hydrogens (tertiary/aromatic N) is 1. The molecule has 2 aromatic rings. The quantitative estimate of drug-likeness (QED) is 0.633. The van der Waals surface area contributed by atoms with Crippen molar-refractivity contribution in [1.29, 1.82) is 0 Å². The normalized spacial score (nSPS) is 23.8. The summed E-state index contributed by atoms with van der Waals surface area (Å²) < 4.78 is 5.21. The molecular weight excluding hydrogens is 382 g/mol. The van der Waals surface area contributed by atoms with Crippen molar-refractivity contribution in [3.8, 4) is 5.88 Å². The van der Waals surface area contributed by atoms with E-state index in [-0.39, 0.29) is 29.2 Å². The second-order valence-electron chi connectivity index (χ2n) is 7.84. The number of carbonyl (C=O) groups is 2. The van der Waals surface area contributed by atoms with Gasteiger partial charge in [-0.05, 0) is 43.4 Å². The molecule has 3 N–H and O–H groups in total. The molecule has 3 atom stereocenters. The lowest BCUT2D eigenvalue weighted by atomic mass is 9.74. The van der Waals surface area contributed by atoms with Crippen LogP contribution in [-0.4, -0.2) is 47.7 Å². The van der Waals surface area contributed by atoms with Crippen LogP contribution in [0.25, 0.3) is 0 Å². The maximum absolute atomic E-state index is 12.9. The summed E-state index contributed by atoms with van der Waals surface area (Å²) >= 11 is 0. The second-order valence-corrected chi connectivity index (χ2v) is 7.84. The second kappa shape index (κ2) is 9.71. The zero-order valence-corrected chi connectivity index (χ0v) is 17.4. The Labute approximate surface area is 176 Å². The number of rotatable bonds is 6. The van der Waals surface area contributed by atoms with Crippen molar-refractivity contribution in [3.05, 3.63) is 59.8 Å². The summed E-state index contributed by atoms with van der Waals surface area (Å²) in [5.74, 6) is -0.118. The van der Waals surface area contributed by atoms with Gasteiger partial charge in [0.15, 0.2) is 0 Å². The van der Waals surface area contributed by atoms with Gasteiger partial charge in [-0.3, -0.25) is 9.59 Å². The van der Waals surface area contributed by atoms with Crippen molar-refractivity contribution in [2.75, 3.05) is 13.7 Å². The minimum atomic E-state index is -0.617. The molecule has 0 unspecified atom stereocenters. The van der Waals surface area contributed by atoms with Crippen LogP contribution in [0.2, 0.25) is 0 Å². The molecule has 0 radical (unpaired) electrons. The molecule has 0 saturated heterocycles. The van der Waals surface area contributed by atoms with E-state index in [4.69, 9.17) is 4.74 Å². The predicted octanol–water partition coefficient (Wildman–Crippen LogP) is 2.20. The molecule has 160 valence electrons. The van der Waals surface area contributed by atoms with Crippen LogP contribution in [-0.2, 0) is 10.2 Å². The highest BCUT2D eigenvalue weighted by Crippen LogP contribution is 2.38. The van der Waals surface area contributed by atoms with Crippen molar-refractivity contribution in [3.63, 3.8) is 0 Å². The van der Waals surface area contributed by atoms with Crippen LogP contribution in [0.4, 0.5) is 0 Å². The van der Waals surface area contributed by atoms with Crippen LogP contribution >= 0.6 is 0 Å². The van der Waals surface area contributed by atoms with Crippen LogP contribution < -0.4 is 15.4 Å². The third-order valence-electron chi connectivity index (χ3n) is 5.89. The van der Waals surface area contributed by atoms with E-state index in [1.165, 1.54) is 14.0 Å². The molecule has 1 heterocycles. The molecule has 0 spiro atoms. The molecule has 7 heteroatoms. The zero-order valence-electron chi connectivity index (χ0n) is 17.4. The number of hydrogen-bond acceptors (Lipinski definition) is 5. The molecule has 0 aliphatic heterocycles. The Morgan fingerprint density at radius 3 is 2.60 bits per heavy atom. The number of methoxy groups -OCH3 is 1. The molecule has 1 aliphatic carbocycles. The van der Waals surface area contributed by atoms with E-state index in [1.807, 2.05) is 18.2 Å². The number of carbonyl (C=O) groups excluding carboxylic acids is 2. The molecule has 2 amide bonds. The highest BCUT2D eigenvalue weighted by atomic mass is 16.5. The van der Waals surface area contributed by atoms with Gasteiger partial charge in [0.1, 0.15) is 5.56 Å². The molecule has 0 bridgehead atoms. The van der Waals surface area contributed by atoms with E-state index >= 15 is 0 Å². The lowest BCUT2D eigenvalue weighted by molar-refractivity contribution is -0.120. The van der Waals surface area contributed by atoms with E-state index in [9.17, 15) is 14.7 Å². The van der Waals surface area contributed by atoms with Gasteiger partial charge in [-0.2, -0.15) is 0 Å². The average Bonchev–Trinajstić information content (AvgIpc) is 2.92. The number of ether oxygens (including phenoxy) is 1. The number of amides is 2. The van der Waals surface area contributed by atoms with E-state index in [0.717, 1.165) is 12.0 Å². The molecule has 3 rings (SSSR count). The molecule has 1 saturated carbocycles. The first-order valence-electron chi connectivity index (χ1n) is 10.2. The Morgan fingerprint density at radius 2 is 1.90 bits per heavy atom. The summed E-state index contributed by atoms with van der Waals surface area (Å²) in [6.45, 7) is 1.87. The molecule has 7 nitrogen and oxygen atoms in total. The summed E-state index contributed by atoms with van der Waals surface area (Å²) in [5, 5.41) is 16.5. The number of aromatic nitrogens is 1. The van der Waals surface area contributed by atoms with Crippen LogP contribution in [0.5, 0.6) is 5.88 Å². The monoisotopic (exact) mass is 411 g/mol. The van der Waals surface area contributed by atoms with E-state index in [0.29, 0.717) is 31.4 Å². The average molecular weight is 412 g/mol. The maximum Gasteiger partial charge on any atom is 0.256 e. The van der Waals surface area contributed by atoms with Crippen LogP contribution in [0, 0.1) is 0 Å². The molecule has 1 aromatic carbocycles. The van der Waals surface area contributed by atoms with Gasteiger partial charge in [0.05, 0.1) is 19.3 Å². The van der Waals surface area contributed by atoms with Crippen LogP contribution in [0.15, 0.2) is 48.7 Å². The topological polar surface area (TPSA) is 101 Å². The lowest BCUT2D eigenvalue weighted by Crippen LogP contribution is -2.42. The van der Waals surface area contributed by atoms with Gasteiger partial charge in [-0.25, -0.2) is 4.98 Å². The number of benzene rings is 1. The number of aliphatic hydroxyl groups excluding tert-OH is 1. The fraction of sp³-hybridized carbons (Fsp3) is 0.435. The van der Waals surface area contributed by atoms with Crippen molar-refractivity contribution in [1.82, 2.24) is 15.6 Å². The molecular formula is C23H29N3O4.